The van der Waals surface area contributed by atoms with Crippen molar-refractivity contribution in [3.8, 4) is 0 Å². The first kappa shape index (κ1) is 15.0. The molecule has 0 radical (unpaired) electrons. The molecule has 0 aliphatic rings. The molecule has 0 aliphatic heterocycles. The Balaban J connectivity index is 2.20. The lowest BCUT2D eigenvalue weighted by atomic mass is 10.2. The Labute approximate surface area is 113 Å². The van der Waals surface area contributed by atoms with Crippen molar-refractivity contribution < 1.29 is 14.7 Å². The van der Waals surface area contributed by atoms with Crippen LogP contribution in [0.25, 0.3) is 0 Å². The largest absolute Gasteiger partial charge is 0.481 e. The molecule has 2 N–H and O–H groups in total. The first-order valence-corrected chi connectivity index (χ1v) is 6.34. The van der Waals surface area contributed by atoms with Gasteiger partial charge in [0.2, 0.25) is 0 Å². The number of carbonyl (C=O) groups is 2. The molecule has 0 aliphatic carbocycles. The number of aliphatic carboxylic acids is 1. The molecule has 1 rings (SSSR count). The highest BCUT2D eigenvalue weighted by atomic mass is 16.4. The van der Waals surface area contributed by atoms with Gasteiger partial charge in [0.05, 0.1) is 0 Å². The third-order valence-corrected chi connectivity index (χ3v) is 2.70. The van der Waals surface area contributed by atoms with Crippen LogP contribution in [0.3, 0.4) is 0 Å². The number of nitrogens with one attached hydrogen (secondary N) is 1. The van der Waals surface area contributed by atoms with Gasteiger partial charge in [0.25, 0.3) is 0 Å². The van der Waals surface area contributed by atoms with Gasteiger partial charge in [-0.15, -0.1) is 0 Å². The van der Waals surface area contributed by atoms with Crippen LogP contribution in [0.2, 0.25) is 0 Å². The van der Waals surface area contributed by atoms with Crippen molar-refractivity contribution >= 4 is 12.0 Å². The molecule has 5 heteroatoms. The highest BCUT2D eigenvalue weighted by Gasteiger charge is 2.07. The summed E-state index contributed by atoms with van der Waals surface area (Å²) >= 11 is 0. The fraction of sp³-hybridized carbons (Fsp3) is 0.429. The van der Waals surface area contributed by atoms with E-state index >= 15 is 0 Å². The summed E-state index contributed by atoms with van der Waals surface area (Å²) in [5.41, 5.74) is 1.08. The SMILES string of the molecule is CN(Cc1ccccc1)C(=O)NCCCCC(=O)O. The third-order valence-electron chi connectivity index (χ3n) is 2.70. The summed E-state index contributed by atoms with van der Waals surface area (Å²) in [7, 11) is 1.74. The van der Waals surface area contributed by atoms with E-state index in [2.05, 4.69) is 5.32 Å². The van der Waals surface area contributed by atoms with Crippen molar-refractivity contribution in [3.05, 3.63) is 35.9 Å². The van der Waals surface area contributed by atoms with E-state index in [4.69, 9.17) is 5.11 Å². The van der Waals surface area contributed by atoms with Crippen LogP contribution in [-0.4, -0.2) is 35.6 Å². The van der Waals surface area contributed by atoms with E-state index < -0.39 is 5.97 Å². The van der Waals surface area contributed by atoms with Crippen molar-refractivity contribution in [2.75, 3.05) is 13.6 Å². The van der Waals surface area contributed by atoms with E-state index in [0.717, 1.165) is 5.56 Å². The van der Waals surface area contributed by atoms with Crippen LogP contribution < -0.4 is 5.32 Å². The molecule has 0 aromatic heterocycles. The number of carbonyl (C=O) groups excluding carboxylic acids is 1. The Bertz CT molecular complexity index is 406. The molecule has 1 aromatic carbocycles. The van der Waals surface area contributed by atoms with E-state index in [0.29, 0.717) is 25.9 Å². The van der Waals surface area contributed by atoms with Crippen LogP contribution in [-0.2, 0) is 11.3 Å². The average Bonchev–Trinajstić information content (AvgIpc) is 2.38. The van der Waals surface area contributed by atoms with E-state index in [1.807, 2.05) is 30.3 Å². The van der Waals surface area contributed by atoms with Gasteiger partial charge in [0.15, 0.2) is 0 Å². The van der Waals surface area contributed by atoms with Crippen LogP contribution in [0, 0.1) is 0 Å². The number of carboxylic acids is 1. The number of urea groups is 1. The van der Waals surface area contributed by atoms with E-state index in [1.54, 1.807) is 11.9 Å². The maximum atomic E-state index is 11.7. The van der Waals surface area contributed by atoms with Crippen LogP contribution in [0.5, 0.6) is 0 Å². The Kier molecular flexibility index (Phi) is 6.43. The van der Waals surface area contributed by atoms with Gasteiger partial charge in [0, 0.05) is 26.6 Å². The molecule has 0 spiro atoms. The summed E-state index contributed by atoms with van der Waals surface area (Å²) in [5, 5.41) is 11.2. The molecular formula is C14H20N2O3. The number of hydrogen-bond acceptors (Lipinski definition) is 2. The minimum Gasteiger partial charge on any atom is -0.481 e. The summed E-state index contributed by atoms with van der Waals surface area (Å²) < 4.78 is 0. The van der Waals surface area contributed by atoms with E-state index in [-0.39, 0.29) is 12.5 Å². The van der Waals surface area contributed by atoms with Crippen molar-refractivity contribution in [2.45, 2.75) is 25.8 Å². The van der Waals surface area contributed by atoms with Gasteiger partial charge in [-0.2, -0.15) is 0 Å². The Hall–Kier alpha value is -2.04. The number of hydrogen-bond donors (Lipinski definition) is 2. The lowest BCUT2D eigenvalue weighted by Gasteiger charge is -2.18. The monoisotopic (exact) mass is 264 g/mol. The molecule has 19 heavy (non-hydrogen) atoms. The van der Waals surface area contributed by atoms with Crippen molar-refractivity contribution in [3.63, 3.8) is 0 Å². The van der Waals surface area contributed by atoms with Gasteiger partial charge < -0.3 is 15.3 Å². The van der Waals surface area contributed by atoms with Crippen molar-refractivity contribution in [1.82, 2.24) is 10.2 Å². The molecule has 0 unspecified atom stereocenters. The van der Waals surface area contributed by atoms with Crippen LogP contribution in [0.4, 0.5) is 4.79 Å². The Morgan fingerprint density at radius 2 is 1.89 bits per heavy atom. The predicted octanol–water partition coefficient (Wildman–Crippen LogP) is 2.08. The standard InChI is InChI=1S/C14H20N2O3/c1-16(11-12-7-3-2-4-8-12)14(19)15-10-6-5-9-13(17)18/h2-4,7-8H,5-6,9-11H2,1H3,(H,15,19)(H,17,18). The van der Waals surface area contributed by atoms with E-state index in [9.17, 15) is 9.59 Å². The van der Waals surface area contributed by atoms with Gasteiger partial charge in [-0.1, -0.05) is 30.3 Å². The van der Waals surface area contributed by atoms with Gasteiger partial charge in [-0.3, -0.25) is 4.79 Å². The minimum absolute atomic E-state index is 0.140. The fourth-order valence-electron chi connectivity index (χ4n) is 1.66. The van der Waals surface area contributed by atoms with Gasteiger partial charge in [-0.05, 0) is 18.4 Å². The maximum absolute atomic E-state index is 11.7. The molecule has 2 amide bonds. The molecule has 5 nitrogen and oxygen atoms in total. The molecule has 0 heterocycles. The summed E-state index contributed by atoms with van der Waals surface area (Å²) in [6.07, 6.45) is 1.41. The van der Waals surface area contributed by atoms with Crippen LogP contribution in [0.15, 0.2) is 30.3 Å². The molecule has 0 saturated carbocycles. The molecule has 1 aromatic rings. The lowest BCUT2D eigenvalue weighted by molar-refractivity contribution is -0.137. The highest BCUT2D eigenvalue weighted by Crippen LogP contribution is 2.02. The summed E-state index contributed by atoms with van der Waals surface area (Å²) in [4.78, 5) is 23.7. The minimum atomic E-state index is -0.799. The van der Waals surface area contributed by atoms with Gasteiger partial charge in [-0.25, -0.2) is 4.79 Å². The second kappa shape index (κ2) is 8.13. The lowest BCUT2D eigenvalue weighted by Crippen LogP contribution is -2.37. The third kappa shape index (κ3) is 6.45. The molecule has 104 valence electrons. The Morgan fingerprint density at radius 1 is 1.21 bits per heavy atom. The summed E-state index contributed by atoms with van der Waals surface area (Å²) in [6.45, 7) is 1.06. The quantitative estimate of drug-likeness (QED) is 0.741. The maximum Gasteiger partial charge on any atom is 0.317 e. The topological polar surface area (TPSA) is 69.6 Å². The average molecular weight is 264 g/mol. The number of benzene rings is 1. The summed E-state index contributed by atoms with van der Waals surface area (Å²) in [6, 6.07) is 9.61. The summed E-state index contributed by atoms with van der Waals surface area (Å²) in [5.74, 6) is -0.799. The van der Waals surface area contributed by atoms with Crippen LogP contribution in [0.1, 0.15) is 24.8 Å². The Morgan fingerprint density at radius 3 is 2.53 bits per heavy atom. The van der Waals surface area contributed by atoms with Crippen molar-refractivity contribution in [2.24, 2.45) is 0 Å². The normalized spacial score (nSPS) is 9.95. The number of amides is 2. The zero-order valence-electron chi connectivity index (χ0n) is 11.1. The van der Waals surface area contributed by atoms with Crippen molar-refractivity contribution in [1.29, 1.82) is 0 Å². The second-order valence-electron chi connectivity index (χ2n) is 4.42. The number of unbranched alkanes of at least 4 members (excludes halogenated alkanes) is 1. The predicted molar refractivity (Wildman–Crippen MR) is 72.8 cm³/mol. The number of nitrogens with zero attached hydrogens (tertiary/aromatic N) is 1. The molecule has 0 saturated heterocycles. The fourth-order valence-corrected chi connectivity index (χ4v) is 1.66. The van der Waals surface area contributed by atoms with Gasteiger partial charge in [0.1, 0.15) is 0 Å². The number of carboxylic acid groups (broad SMARTS) is 1. The zero-order chi connectivity index (χ0) is 14.1. The molecule has 0 atom stereocenters. The molecule has 0 bridgehead atoms. The van der Waals surface area contributed by atoms with E-state index in [1.165, 1.54) is 0 Å². The molecule has 0 fully saturated rings. The second-order valence-corrected chi connectivity index (χ2v) is 4.42. The first-order chi connectivity index (χ1) is 9.09. The molecular weight excluding hydrogens is 244 g/mol. The smallest absolute Gasteiger partial charge is 0.317 e. The van der Waals surface area contributed by atoms with Gasteiger partial charge >= 0.3 is 12.0 Å². The zero-order valence-corrected chi connectivity index (χ0v) is 11.1. The first-order valence-electron chi connectivity index (χ1n) is 6.34. The highest BCUT2D eigenvalue weighted by molar-refractivity contribution is 5.73. The number of rotatable bonds is 7. The van der Waals surface area contributed by atoms with Crippen LogP contribution >= 0.6 is 0 Å².